The summed E-state index contributed by atoms with van der Waals surface area (Å²) in [5, 5.41) is 3.78. The summed E-state index contributed by atoms with van der Waals surface area (Å²) in [6, 6.07) is -0.0317. The minimum Gasteiger partial charge on any atom is -0.337 e. The first-order chi connectivity index (χ1) is 8.09. The Morgan fingerprint density at radius 3 is 2.94 bits per heavy atom. The van der Waals surface area contributed by atoms with Gasteiger partial charge in [-0.1, -0.05) is 11.6 Å². The Morgan fingerprint density at radius 2 is 2.44 bits per heavy atom. The van der Waals surface area contributed by atoms with Crippen molar-refractivity contribution in [3.63, 3.8) is 0 Å². The molecule has 0 radical (unpaired) electrons. The summed E-state index contributed by atoms with van der Waals surface area (Å²) >= 11 is 5.90. The predicted octanol–water partition coefficient (Wildman–Crippen LogP) is 1.21. The first-order valence-electron chi connectivity index (χ1n) is 5.74. The van der Waals surface area contributed by atoms with E-state index in [1.807, 2.05) is 7.05 Å². The zero-order valence-corrected chi connectivity index (χ0v) is 12.1. The summed E-state index contributed by atoms with van der Waals surface area (Å²) in [7, 11) is 3.64. The first-order valence-corrected chi connectivity index (χ1v) is 6.12. The standard InChI is InChI=1S/C11H17ClN4O.ClH/c1-15(11(17)8-4-3-5-13-8)7-10-14-6-9(12)16(10)2;/h6,8,13H,3-5,7H2,1-2H3;1H. The van der Waals surface area contributed by atoms with E-state index in [9.17, 15) is 4.79 Å². The quantitative estimate of drug-likeness (QED) is 0.911. The molecule has 1 aliphatic rings. The number of rotatable bonds is 3. The molecule has 1 atom stereocenters. The highest BCUT2D eigenvalue weighted by Gasteiger charge is 2.25. The molecule has 0 spiro atoms. The van der Waals surface area contributed by atoms with Gasteiger partial charge in [0.05, 0.1) is 18.8 Å². The molecule has 2 rings (SSSR count). The molecule has 1 fully saturated rings. The molecule has 5 nitrogen and oxygen atoms in total. The molecule has 1 aromatic rings. The lowest BCUT2D eigenvalue weighted by Crippen LogP contribution is -2.41. The fraction of sp³-hybridized carbons (Fsp3) is 0.636. The van der Waals surface area contributed by atoms with E-state index in [2.05, 4.69) is 10.3 Å². The van der Waals surface area contributed by atoms with Gasteiger partial charge in [-0.25, -0.2) is 4.98 Å². The second kappa shape index (κ2) is 6.41. The molecule has 1 aromatic heterocycles. The molecule has 0 bridgehead atoms. The molecule has 2 heterocycles. The zero-order valence-electron chi connectivity index (χ0n) is 10.5. The van der Waals surface area contributed by atoms with E-state index in [1.54, 1.807) is 22.7 Å². The topological polar surface area (TPSA) is 50.2 Å². The number of imidazole rings is 1. The largest absolute Gasteiger partial charge is 0.337 e. The van der Waals surface area contributed by atoms with Gasteiger partial charge in [0.25, 0.3) is 0 Å². The number of likely N-dealkylation sites (N-methyl/N-ethyl adjacent to an activating group) is 1. The van der Waals surface area contributed by atoms with Crippen LogP contribution in [0, 0.1) is 0 Å². The van der Waals surface area contributed by atoms with E-state index >= 15 is 0 Å². The van der Waals surface area contributed by atoms with Crippen LogP contribution in [0.5, 0.6) is 0 Å². The van der Waals surface area contributed by atoms with Gasteiger partial charge in [0.1, 0.15) is 11.0 Å². The van der Waals surface area contributed by atoms with Gasteiger partial charge in [-0.05, 0) is 19.4 Å². The molecular weight excluding hydrogens is 275 g/mol. The van der Waals surface area contributed by atoms with E-state index in [4.69, 9.17) is 11.6 Å². The maximum absolute atomic E-state index is 12.1. The lowest BCUT2D eigenvalue weighted by molar-refractivity contribution is -0.132. The lowest BCUT2D eigenvalue weighted by atomic mass is 10.2. The van der Waals surface area contributed by atoms with Crippen molar-refractivity contribution >= 4 is 29.9 Å². The number of carbonyl (C=O) groups excluding carboxylic acids is 1. The summed E-state index contributed by atoms with van der Waals surface area (Å²) in [6.07, 6.45) is 3.59. The zero-order chi connectivity index (χ0) is 12.4. The van der Waals surface area contributed by atoms with Gasteiger partial charge in [0.2, 0.25) is 5.91 Å². The first kappa shape index (κ1) is 15.3. The SMILES string of the molecule is CN(Cc1ncc(Cl)n1C)C(=O)C1CCCN1.Cl. The van der Waals surface area contributed by atoms with E-state index in [0.29, 0.717) is 11.7 Å². The number of hydrogen-bond donors (Lipinski definition) is 1. The molecule has 102 valence electrons. The highest BCUT2D eigenvalue weighted by atomic mass is 35.5. The van der Waals surface area contributed by atoms with Gasteiger partial charge in [-0.2, -0.15) is 0 Å². The van der Waals surface area contributed by atoms with E-state index in [-0.39, 0.29) is 24.4 Å². The van der Waals surface area contributed by atoms with Crippen LogP contribution in [0.3, 0.4) is 0 Å². The molecule has 1 aliphatic heterocycles. The Labute approximate surface area is 118 Å². The molecule has 0 aromatic carbocycles. The molecule has 1 amide bonds. The van der Waals surface area contributed by atoms with Gasteiger partial charge >= 0.3 is 0 Å². The molecule has 1 N–H and O–H groups in total. The third kappa shape index (κ3) is 3.16. The summed E-state index contributed by atoms with van der Waals surface area (Å²) < 4.78 is 1.79. The van der Waals surface area contributed by atoms with Gasteiger partial charge in [-0.3, -0.25) is 4.79 Å². The maximum atomic E-state index is 12.1. The van der Waals surface area contributed by atoms with Crippen molar-refractivity contribution in [3.05, 3.63) is 17.2 Å². The van der Waals surface area contributed by atoms with Crippen LogP contribution < -0.4 is 5.32 Å². The highest BCUT2D eigenvalue weighted by Crippen LogP contribution is 2.13. The number of aromatic nitrogens is 2. The third-order valence-electron chi connectivity index (χ3n) is 3.14. The molecule has 7 heteroatoms. The molecule has 1 unspecified atom stereocenters. The highest BCUT2D eigenvalue weighted by molar-refractivity contribution is 6.29. The Bertz CT molecular complexity index is 415. The van der Waals surface area contributed by atoms with Crippen molar-refractivity contribution in [2.24, 2.45) is 7.05 Å². The van der Waals surface area contributed by atoms with Crippen molar-refractivity contribution in [2.45, 2.75) is 25.4 Å². The monoisotopic (exact) mass is 292 g/mol. The van der Waals surface area contributed by atoms with Crippen molar-refractivity contribution in [1.82, 2.24) is 19.8 Å². The minimum atomic E-state index is -0.0317. The second-order valence-corrected chi connectivity index (χ2v) is 4.79. The smallest absolute Gasteiger partial charge is 0.239 e. The van der Waals surface area contributed by atoms with Crippen molar-refractivity contribution in [2.75, 3.05) is 13.6 Å². The molecule has 0 aliphatic carbocycles. The summed E-state index contributed by atoms with van der Waals surface area (Å²) in [5.74, 6) is 0.922. The fourth-order valence-electron chi connectivity index (χ4n) is 2.02. The average Bonchev–Trinajstić information content (AvgIpc) is 2.93. The van der Waals surface area contributed by atoms with Crippen molar-refractivity contribution < 1.29 is 4.79 Å². The van der Waals surface area contributed by atoms with Gasteiger partial charge in [0, 0.05) is 14.1 Å². The van der Waals surface area contributed by atoms with Crippen LogP contribution in [0.15, 0.2) is 6.20 Å². The number of nitrogens with one attached hydrogen (secondary N) is 1. The summed E-state index contributed by atoms with van der Waals surface area (Å²) in [6.45, 7) is 1.42. The molecule has 1 saturated heterocycles. The van der Waals surface area contributed by atoms with Gasteiger partial charge < -0.3 is 14.8 Å². The Hall–Kier alpha value is -0.780. The minimum absolute atomic E-state index is 0. The van der Waals surface area contributed by atoms with Crippen LogP contribution in [-0.4, -0.2) is 40.0 Å². The van der Waals surface area contributed by atoms with Gasteiger partial charge in [-0.15, -0.1) is 12.4 Å². The van der Waals surface area contributed by atoms with E-state index < -0.39 is 0 Å². The van der Waals surface area contributed by atoms with Crippen LogP contribution in [0.25, 0.3) is 0 Å². The van der Waals surface area contributed by atoms with Crippen LogP contribution in [-0.2, 0) is 18.4 Å². The van der Waals surface area contributed by atoms with Gasteiger partial charge in [0.15, 0.2) is 0 Å². The predicted molar refractivity (Wildman–Crippen MR) is 73.0 cm³/mol. The molecule has 18 heavy (non-hydrogen) atoms. The number of amides is 1. The molecular formula is C11H18Cl2N4O. The normalized spacial score (nSPS) is 18.5. The summed E-state index contributed by atoms with van der Waals surface area (Å²) in [4.78, 5) is 17.9. The van der Waals surface area contributed by atoms with Crippen LogP contribution in [0.4, 0.5) is 0 Å². The third-order valence-corrected chi connectivity index (χ3v) is 3.49. The number of hydrogen-bond acceptors (Lipinski definition) is 3. The van der Waals surface area contributed by atoms with Crippen LogP contribution in [0.2, 0.25) is 5.15 Å². The van der Waals surface area contributed by atoms with Crippen LogP contribution in [0.1, 0.15) is 18.7 Å². The number of nitrogens with zero attached hydrogens (tertiary/aromatic N) is 3. The fourth-order valence-corrected chi connectivity index (χ4v) is 2.17. The Morgan fingerprint density at radius 1 is 1.72 bits per heavy atom. The van der Waals surface area contributed by atoms with Crippen molar-refractivity contribution in [3.8, 4) is 0 Å². The van der Waals surface area contributed by atoms with E-state index in [1.165, 1.54) is 0 Å². The summed E-state index contributed by atoms with van der Waals surface area (Å²) in [5.41, 5.74) is 0. The Kier molecular flexibility index (Phi) is 5.44. The Balaban J connectivity index is 0.00000162. The van der Waals surface area contributed by atoms with E-state index in [0.717, 1.165) is 25.2 Å². The number of halogens is 2. The molecule has 0 saturated carbocycles. The maximum Gasteiger partial charge on any atom is 0.239 e. The van der Waals surface area contributed by atoms with Crippen LogP contribution >= 0.6 is 24.0 Å². The second-order valence-electron chi connectivity index (χ2n) is 4.40. The van der Waals surface area contributed by atoms with Crippen molar-refractivity contribution in [1.29, 1.82) is 0 Å². The average molecular weight is 293 g/mol. The number of carbonyl (C=O) groups is 1. The lowest BCUT2D eigenvalue weighted by Gasteiger charge is -2.20.